The van der Waals surface area contributed by atoms with Gasteiger partial charge in [-0.3, -0.25) is 4.79 Å². The van der Waals surface area contributed by atoms with Gasteiger partial charge in [0.2, 0.25) is 5.91 Å². The SMILES string of the molecule is CCC(N)(CC)CNC(=O)Cc1coc2c(C)c(C)ccc12. The highest BCUT2D eigenvalue weighted by Crippen LogP contribution is 2.26. The van der Waals surface area contributed by atoms with Crippen LogP contribution in [0.4, 0.5) is 0 Å². The molecule has 1 amide bonds. The van der Waals surface area contributed by atoms with Crippen molar-refractivity contribution in [2.75, 3.05) is 6.54 Å². The fraction of sp³-hybridized carbons (Fsp3) is 0.500. The van der Waals surface area contributed by atoms with E-state index in [0.717, 1.165) is 34.9 Å². The summed E-state index contributed by atoms with van der Waals surface area (Å²) in [7, 11) is 0. The summed E-state index contributed by atoms with van der Waals surface area (Å²) in [4.78, 5) is 12.2. The van der Waals surface area contributed by atoms with E-state index < -0.39 is 0 Å². The summed E-state index contributed by atoms with van der Waals surface area (Å²) in [5.41, 5.74) is 10.0. The predicted octanol–water partition coefficient (Wildman–Crippen LogP) is 3.23. The maximum Gasteiger partial charge on any atom is 0.224 e. The third kappa shape index (κ3) is 3.33. The van der Waals surface area contributed by atoms with E-state index in [0.29, 0.717) is 13.0 Å². The van der Waals surface area contributed by atoms with E-state index >= 15 is 0 Å². The number of nitrogens with one attached hydrogen (secondary N) is 1. The summed E-state index contributed by atoms with van der Waals surface area (Å²) in [6, 6.07) is 4.09. The van der Waals surface area contributed by atoms with Crippen LogP contribution in [0.3, 0.4) is 0 Å². The van der Waals surface area contributed by atoms with Crippen LogP contribution in [0.5, 0.6) is 0 Å². The van der Waals surface area contributed by atoms with Crippen LogP contribution in [-0.4, -0.2) is 18.0 Å². The van der Waals surface area contributed by atoms with Gasteiger partial charge in [0, 0.05) is 23.0 Å². The molecule has 2 aromatic rings. The Kier molecular flexibility index (Phi) is 4.91. The van der Waals surface area contributed by atoms with E-state index in [1.165, 1.54) is 5.56 Å². The molecular weight excluding hydrogens is 276 g/mol. The maximum absolute atomic E-state index is 12.2. The molecule has 0 fully saturated rings. The molecule has 0 radical (unpaired) electrons. The summed E-state index contributed by atoms with van der Waals surface area (Å²) < 4.78 is 5.64. The number of furan rings is 1. The molecule has 0 aliphatic rings. The zero-order chi connectivity index (χ0) is 16.3. The number of carbonyl (C=O) groups excluding carboxylic acids is 1. The van der Waals surface area contributed by atoms with Gasteiger partial charge >= 0.3 is 0 Å². The second-order valence-electron chi connectivity index (χ2n) is 6.17. The van der Waals surface area contributed by atoms with Crippen molar-refractivity contribution in [3.63, 3.8) is 0 Å². The number of nitrogens with two attached hydrogens (primary N) is 1. The molecule has 120 valence electrons. The highest BCUT2D eigenvalue weighted by atomic mass is 16.3. The van der Waals surface area contributed by atoms with Crippen LogP contribution < -0.4 is 11.1 Å². The Labute approximate surface area is 132 Å². The van der Waals surface area contributed by atoms with Gasteiger partial charge in [-0.15, -0.1) is 0 Å². The van der Waals surface area contributed by atoms with E-state index in [9.17, 15) is 4.79 Å². The zero-order valence-electron chi connectivity index (χ0n) is 14.0. The third-order valence-corrected chi connectivity index (χ3v) is 4.74. The molecule has 4 heteroatoms. The zero-order valence-corrected chi connectivity index (χ0v) is 14.0. The second kappa shape index (κ2) is 6.53. The van der Waals surface area contributed by atoms with Crippen LogP contribution >= 0.6 is 0 Å². The van der Waals surface area contributed by atoms with E-state index in [1.807, 2.05) is 26.8 Å². The summed E-state index contributed by atoms with van der Waals surface area (Å²) in [6.45, 7) is 8.69. The van der Waals surface area contributed by atoms with Gasteiger partial charge in [-0.05, 0) is 37.8 Å². The number of hydrogen-bond acceptors (Lipinski definition) is 3. The highest BCUT2D eigenvalue weighted by molar-refractivity contribution is 5.89. The largest absolute Gasteiger partial charge is 0.464 e. The molecule has 0 bridgehead atoms. The molecule has 22 heavy (non-hydrogen) atoms. The van der Waals surface area contributed by atoms with Crippen LogP contribution in [0.2, 0.25) is 0 Å². The van der Waals surface area contributed by atoms with Gasteiger partial charge in [-0.2, -0.15) is 0 Å². The lowest BCUT2D eigenvalue weighted by Crippen LogP contribution is -2.49. The number of hydrogen-bond donors (Lipinski definition) is 2. The summed E-state index contributed by atoms with van der Waals surface area (Å²) >= 11 is 0. The molecule has 1 aromatic carbocycles. The monoisotopic (exact) mass is 302 g/mol. The van der Waals surface area contributed by atoms with E-state index in [-0.39, 0.29) is 11.4 Å². The molecule has 0 aliphatic carbocycles. The first kappa shape index (κ1) is 16.6. The van der Waals surface area contributed by atoms with Crippen molar-refractivity contribution in [1.82, 2.24) is 5.32 Å². The molecule has 1 aromatic heterocycles. The van der Waals surface area contributed by atoms with E-state index in [1.54, 1.807) is 6.26 Å². The Morgan fingerprint density at radius 3 is 2.59 bits per heavy atom. The molecular formula is C18H26N2O2. The number of aryl methyl sites for hydroxylation is 2. The Hall–Kier alpha value is -1.81. The lowest BCUT2D eigenvalue weighted by Gasteiger charge is -2.26. The Morgan fingerprint density at radius 1 is 1.27 bits per heavy atom. The van der Waals surface area contributed by atoms with Crippen molar-refractivity contribution >= 4 is 16.9 Å². The standard InChI is InChI=1S/C18H26N2O2/c1-5-18(19,6-2)11-20-16(21)9-14-10-22-17-13(4)12(3)7-8-15(14)17/h7-8,10H,5-6,9,11,19H2,1-4H3,(H,20,21). The van der Waals surface area contributed by atoms with E-state index in [4.69, 9.17) is 10.2 Å². The fourth-order valence-electron chi connectivity index (χ4n) is 2.54. The van der Waals surface area contributed by atoms with Gasteiger partial charge < -0.3 is 15.5 Å². The topological polar surface area (TPSA) is 68.3 Å². The average molecular weight is 302 g/mol. The van der Waals surface area contributed by atoms with Crippen LogP contribution in [0.1, 0.15) is 43.4 Å². The number of carbonyl (C=O) groups is 1. The average Bonchev–Trinajstić information content (AvgIpc) is 2.92. The minimum atomic E-state index is -0.318. The second-order valence-corrected chi connectivity index (χ2v) is 6.17. The van der Waals surface area contributed by atoms with Crippen molar-refractivity contribution in [3.05, 3.63) is 35.1 Å². The fourth-order valence-corrected chi connectivity index (χ4v) is 2.54. The van der Waals surface area contributed by atoms with Gasteiger partial charge in [0.05, 0.1) is 12.7 Å². The number of amides is 1. The molecule has 3 N–H and O–H groups in total. The van der Waals surface area contributed by atoms with Gasteiger partial charge in [-0.25, -0.2) is 0 Å². The molecule has 0 unspecified atom stereocenters. The quantitative estimate of drug-likeness (QED) is 0.861. The van der Waals surface area contributed by atoms with Gasteiger partial charge in [0.15, 0.2) is 0 Å². The van der Waals surface area contributed by atoms with Crippen molar-refractivity contribution in [2.24, 2.45) is 5.73 Å². The first-order valence-corrected chi connectivity index (χ1v) is 7.92. The van der Waals surface area contributed by atoms with Gasteiger partial charge in [0.1, 0.15) is 5.58 Å². The number of benzene rings is 1. The first-order chi connectivity index (χ1) is 10.4. The molecule has 0 aliphatic heterocycles. The predicted molar refractivity (Wildman–Crippen MR) is 89.9 cm³/mol. The smallest absolute Gasteiger partial charge is 0.224 e. The summed E-state index contributed by atoms with van der Waals surface area (Å²) in [5.74, 6) is -0.0161. The van der Waals surface area contributed by atoms with Crippen molar-refractivity contribution in [3.8, 4) is 0 Å². The molecule has 2 rings (SSSR count). The third-order valence-electron chi connectivity index (χ3n) is 4.74. The molecule has 0 spiro atoms. The first-order valence-electron chi connectivity index (χ1n) is 7.92. The lowest BCUT2D eigenvalue weighted by atomic mass is 9.94. The Bertz CT molecular complexity index is 669. The van der Waals surface area contributed by atoms with Crippen molar-refractivity contribution in [2.45, 2.75) is 52.5 Å². The van der Waals surface area contributed by atoms with Gasteiger partial charge in [-0.1, -0.05) is 26.0 Å². The molecule has 0 saturated carbocycles. The van der Waals surface area contributed by atoms with Crippen LogP contribution in [-0.2, 0) is 11.2 Å². The van der Waals surface area contributed by atoms with E-state index in [2.05, 4.69) is 18.3 Å². The highest BCUT2D eigenvalue weighted by Gasteiger charge is 2.21. The van der Waals surface area contributed by atoms with Crippen LogP contribution in [0.15, 0.2) is 22.8 Å². The Balaban J connectivity index is 2.08. The normalized spacial score (nSPS) is 11.9. The van der Waals surface area contributed by atoms with Gasteiger partial charge in [0.25, 0.3) is 0 Å². The molecule has 4 nitrogen and oxygen atoms in total. The summed E-state index contributed by atoms with van der Waals surface area (Å²) in [6.07, 6.45) is 3.69. The maximum atomic E-state index is 12.2. The molecule has 1 heterocycles. The summed E-state index contributed by atoms with van der Waals surface area (Å²) in [5, 5.41) is 3.97. The van der Waals surface area contributed by atoms with Crippen LogP contribution in [0.25, 0.3) is 11.0 Å². The minimum Gasteiger partial charge on any atom is -0.464 e. The number of rotatable bonds is 6. The Morgan fingerprint density at radius 2 is 1.95 bits per heavy atom. The minimum absolute atomic E-state index is 0.0161. The molecule has 0 atom stereocenters. The molecule has 0 saturated heterocycles. The lowest BCUT2D eigenvalue weighted by molar-refractivity contribution is -0.120. The number of fused-ring (bicyclic) bond motifs is 1. The van der Waals surface area contributed by atoms with Crippen LogP contribution in [0, 0.1) is 13.8 Å². The van der Waals surface area contributed by atoms with Crippen molar-refractivity contribution < 1.29 is 9.21 Å². The van der Waals surface area contributed by atoms with Crippen molar-refractivity contribution in [1.29, 1.82) is 0 Å².